The van der Waals surface area contributed by atoms with Crippen molar-refractivity contribution in [1.82, 2.24) is 15.3 Å². The first-order valence-electron chi connectivity index (χ1n) is 12.8. The van der Waals surface area contributed by atoms with E-state index in [-0.39, 0.29) is 5.41 Å². The van der Waals surface area contributed by atoms with Crippen LogP contribution < -0.4 is 20.4 Å². The van der Waals surface area contributed by atoms with E-state index in [1.807, 2.05) is 12.1 Å². The van der Waals surface area contributed by atoms with Crippen LogP contribution in [0.4, 0.5) is 17.5 Å². The lowest BCUT2D eigenvalue weighted by Crippen LogP contribution is -2.47. The molecule has 0 spiro atoms. The van der Waals surface area contributed by atoms with E-state index in [2.05, 4.69) is 80.0 Å². The third-order valence-electron chi connectivity index (χ3n) is 7.42. The van der Waals surface area contributed by atoms with E-state index in [1.165, 1.54) is 43.4 Å². The predicted molar refractivity (Wildman–Crippen MR) is 153 cm³/mol. The molecule has 1 aliphatic heterocycles. The van der Waals surface area contributed by atoms with Gasteiger partial charge in [-0.1, -0.05) is 79.4 Å². The highest BCUT2D eigenvalue weighted by Gasteiger charge is 2.33. The van der Waals surface area contributed by atoms with Crippen molar-refractivity contribution in [2.24, 2.45) is 0 Å². The van der Waals surface area contributed by atoms with Crippen molar-refractivity contribution in [2.75, 3.05) is 47.8 Å². The minimum absolute atomic E-state index is 0.101. The molecule has 1 aromatic heterocycles. The number of aromatic nitrogens is 2. The summed E-state index contributed by atoms with van der Waals surface area (Å²) in [5, 5.41) is 7.57. The molecule has 5 rings (SSSR count). The third-order valence-corrected chi connectivity index (χ3v) is 7.86. The number of benzene rings is 2. The zero-order valence-corrected chi connectivity index (χ0v) is 22.1. The van der Waals surface area contributed by atoms with Crippen LogP contribution in [0.25, 0.3) is 0 Å². The van der Waals surface area contributed by atoms with Crippen molar-refractivity contribution in [3.63, 3.8) is 0 Å². The van der Waals surface area contributed by atoms with Crippen molar-refractivity contribution in [2.45, 2.75) is 37.5 Å². The lowest BCUT2D eigenvalue weighted by atomic mass is 9.69. The van der Waals surface area contributed by atoms with Crippen molar-refractivity contribution < 1.29 is 0 Å². The fourth-order valence-electron chi connectivity index (χ4n) is 5.44. The van der Waals surface area contributed by atoms with Gasteiger partial charge >= 0.3 is 0 Å². The first-order valence-corrected chi connectivity index (χ1v) is 13.6. The molecule has 2 aromatic carbocycles. The average molecular weight is 521 g/mol. The molecule has 2 N–H and O–H groups in total. The second-order valence-corrected chi connectivity index (χ2v) is 10.5. The number of hydrogen-bond acceptors (Lipinski definition) is 5. The third kappa shape index (κ3) is 5.90. The van der Waals surface area contributed by atoms with Crippen LogP contribution in [0.3, 0.4) is 0 Å². The molecule has 8 heteroatoms. The molecule has 36 heavy (non-hydrogen) atoms. The minimum Gasteiger partial charge on any atom is -0.368 e. The summed E-state index contributed by atoms with van der Waals surface area (Å²) in [5.74, 6) is 1.25. The standard InChI is InChI=1S/C28H33ClN6S/c29-24-20-25(35-18-16-34(17-19-35)23-12-6-2-7-13-23)32-26(31-24)33-27(36)30-21-28(14-8-3-9-15-28)22-10-4-1-5-11-22/h1-2,4-7,10-13,20H,3,8-9,14-19,21H2,(H2,30,31,32,33,36). The van der Waals surface area contributed by atoms with Gasteiger partial charge in [-0.05, 0) is 42.8 Å². The van der Waals surface area contributed by atoms with Crippen LogP contribution in [0, 0.1) is 0 Å². The molecule has 3 aromatic rings. The highest BCUT2D eigenvalue weighted by molar-refractivity contribution is 7.80. The van der Waals surface area contributed by atoms with E-state index in [9.17, 15) is 0 Å². The van der Waals surface area contributed by atoms with Crippen molar-refractivity contribution in [3.8, 4) is 0 Å². The Morgan fingerprint density at radius 3 is 2.19 bits per heavy atom. The second-order valence-electron chi connectivity index (χ2n) is 9.70. The molecule has 2 fully saturated rings. The quantitative estimate of drug-likeness (QED) is 0.322. The summed E-state index contributed by atoms with van der Waals surface area (Å²) in [7, 11) is 0. The van der Waals surface area contributed by atoms with Crippen molar-refractivity contribution in [3.05, 3.63) is 77.4 Å². The highest BCUT2D eigenvalue weighted by atomic mass is 35.5. The Hall–Kier alpha value is -2.90. The van der Waals surface area contributed by atoms with Gasteiger partial charge in [-0.25, -0.2) is 4.98 Å². The van der Waals surface area contributed by atoms with E-state index in [0.29, 0.717) is 16.2 Å². The number of halogens is 1. The van der Waals surface area contributed by atoms with Gasteiger partial charge < -0.3 is 20.4 Å². The van der Waals surface area contributed by atoms with Crippen LogP contribution in [0.15, 0.2) is 66.7 Å². The molecule has 0 radical (unpaired) electrons. The average Bonchev–Trinajstić information content (AvgIpc) is 2.93. The Bertz CT molecular complexity index is 1150. The van der Waals surface area contributed by atoms with Crippen LogP contribution in [-0.4, -0.2) is 47.8 Å². The minimum atomic E-state index is 0.101. The Morgan fingerprint density at radius 2 is 1.50 bits per heavy atom. The molecule has 6 nitrogen and oxygen atoms in total. The first kappa shape index (κ1) is 24.8. The van der Waals surface area contributed by atoms with E-state index in [0.717, 1.165) is 38.5 Å². The maximum Gasteiger partial charge on any atom is 0.232 e. The van der Waals surface area contributed by atoms with Crippen LogP contribution >= 0.6 is 23.8 Å². The molecule has 2 heterocycles. The number of thiocarbonyl (C=S) groups is 1. The monoisotopic (exact) mass is 520 g/mol. The van der Waals surface area contributed by atoms with Gasteiger partial charge in [0.15, 0.2) is 5.11 Å². The van der Waals surface area contributed by atoms with Crippen LogP contribution in [0.2, 0.25) is 5.15 Å². The molecule has 0 amide bonds. The number of para-hydroxylation sites is 1. The van der Waals surface area contributed by atoms with Gasteiger partial charge in [-0.3, -0.25) is 0 Å². The summed E-state index contributed by atoms with van der Waals surface area (Å²) in [4.78, 5) is 13.8. The molecular weight excluding hydrogens is 488 g/mol. The smallest absolute Gasteiger partial charge is 0.232 e. The summed E-state index contributed by atoms with van der Waals surface area (Å²) in [6.45, 7) is 4.37. The fraction of sp³-hybridized carbons (Fsp3) is 0.393. The van der Waals surface area contributed by atoms with Crippen molar-refractivity contribution >= 4 is 46.4 Å². The van der Waals surface area contributed by atoms with Gasteiger partial charge in [0.05, 0.1) is 0 Å². The summed E-state index contributed by atoms with van der Waals surface area (Å²) in [6, 6.07) is 23.2. The summed E-state index contributed by atoms with van der Waals surface area (Å²) in [6.07, 6.45) is 6.12. The lowest BCUT2D eigenvalue weighted by Gasteiger charge is -2.38. The molecule has 1 saturated heterocycles. The number of nitrogens with one attached hydrogen (secondary N) is 2. The normalized spacial score (nSPS) is 17.5. The van der Waals surface area contributed by atoms with Gasteiger partial charge in [-0.2, -0.15) is 4.98 Å². The number of rotatable bonds is 6. The zero-order valence-electron chi connectivity index (χ0n) is 20.5. The van der Waals surface area contributed by atoms with Crippen LogP contribution in [-0.2, 0) is 5.41 Å². The summed E-state index contributed by atoms with van der Waals surface area (Å²) >= 11 is 12.0. The highest BCUT2D eigenvalue weighted by Crippen LogP contribution is 2.39. The molecule has 0 unspecified atom stereocenters. The number of nitrogens with zero attached hydrogens (tertiary/aromatic N) is 4. The Balaban J connectivity index is 1.21. The number of hydrogen-bond donors (Lipinski definition) is 2. The van der Waals surface area contributed by atoms with Crippen molar-refractivity contribution in [1.29, 1.82) is 0 Å². The number of piperazine rings is 1. The van der Waals surface area contributed by atoms with E-state index < -0.39 is 0 Å². The molecule has 0 atom stereocenters. The van der Waals surface area contributed by atoms with Gasteiger partial charge in [-0.15, -0.1) is 0 Å². The van der Waals surface area contributed by atoms with E-state index in [4.69, 9.17) is 28.8 Å². The van der Waals surface area contributed by atoms with Gasteiger partial charge in [0.2, 0.25) is 5.95 Å². The summed E-state index contributed by atoms with van der Waals surface area (Å²) in [5.41, 5.74) is 2.74. The largest absolute Gasteiger partial charge is 0.368 e. The van der Waals surface area contributed by atoms with E-state index >= 15 is 0 Å². The van der Waals surface area contributed by atoms with Crippen LogP contribution in [0.5, 0.6) is 0 Å². The maximum absolute atomic E-state index is 6.39. The SMILES string of the molecule is S=C(NCC1(c2ccccc2)CCCCC1)Nc1nc(Cl)cc(N2CCN(c3ccccc3)CC2)n1. The topological polar surface area (TPSA) is 56.3 Å². The summed E-state index contributed by atoms with van der Waals surface area (Å²) < 4.78 is 0. The van der Waals surface area contributed by atoms with Crippen LogP contribution in [0.1, 0.15) is 37.7 Å². The molecule has 188 valence electrons. The van der Waals surface area contributed by atoms with Gasteiger partial charge in [0.1, 0.15) is 11.0 Å². The maximum atomic E-state index is 6.39. The number of anilines is 3. The molecule has 0 bridgehead atoms. The molecule has 2 aliphatic rings. The van der Waals surface area contributed by atoms with Gasteiger partial charge in [0.25, 0.3) is 0 Å². The fourth-order valence-corrected chi connectivity index (χ4v) is 5.78. The Morgan fingerprint density at radius 1 is 0.861 bits per heavy atom. The Kier molecular flexibility index (Phi) is 7.87. The molecule has 1 aliphatic carbocycles. The molecular formula is C28H33ClN6S. The van der Waals surface area contributed by atoms with Gasteiger partial charge in [0, 0.05) is 49.9 Å². The first-order chi connectivity index (χ1) is 17.6. The Labute approximate surface area is 224 Å². The molecule has 1 saturated carbocycles. The van der Waals surface area contributed by atoms with E-state index in [1.54, 1.807) is 0 Å². The lowest BCUT2D eigenvalue weighted by molar-refractivity contribution is 0.292. The predicted octanol–water partition coefficient (Wildman–Crippen LogP) is 5.65. The second kappa shape index (κ2) is 11.4. The zero-order chi connectivity index (χ0) is 24.8.